The zero-order valence-corrected chi connectivity index (χ0v) is 13.1. The number of carbonyl (C=O) groups is 1. The van der Waals surface area contributed by atoms with Crippen LogP contribution in [0.2, 0.25) is 5.02 Å². The zero-order chi connectivity index (χ0) is 15.7. The number of aromatic nitrogens is 1. The summed E-state index contributed by atoms with van der Waals surface area (Å²) in [7, 11) is 1.81. The second-order valence-corrected chi connectivity index (χ2v) is 6.13. The first-order valence-electron chi connectivity index (χ1n) is 7.34. The van der Waals surface area contributed by atoms with Gasteiger partial charge in [0.05, 0.1) is 6.04 Å². The van der Waals surface area contributed by atoms with Crippen molar-refractivity contribution in [2.75, 3.05) is 13.6 Å². The lowest BCUT2D eigenvalue weighted by Crippen LogP contribution is -2.49. The molecule has 3 rings (SSSR count). The van der Waals surface area contributed by atoms with Crippen LogP contribution >= 0.6 is 11.6 Å². The molecule has 0 aliphatic carbocycles. The first-order valence-corrected chi connectivity index (χ1v) is 7.72. The fourth-order valence-corrected chi connectivity index (χ4v) is 2.99. The molecule has 1 fully saturated rings. The highest BCUT2D eigenvalue weighted by atomic mass is 35.5. The van der Waals surface area contributed by atoms with Crippen LogP contribution in [0.3, 0.4) is 0 Å². The quantitative estimate of drug-likeness (QED) is 0.908. The van der Waals surface area contributed by atoms with Gasteiger partial charge in [-0.25, -0.2) is 0 Å². The Morgan fingerprint density at radius 2 is 2.18 bits per heavy atom. The van der Waals surface area contributed by atoms with Crippen molar-refractivity contribution in [3.63, 3.8) is 0 Å². The molecule has 1 saturated heterocycles. The van der Waals surface area contributed by atoms with E-state index in [1.165, 1.54) is 0 Å². The maximum absolute atomic E-state index is 12.1. The number of carbonyl (C=O) groups excluding carboxylic acids is 1. The molecule has 0 saturated carbocycles. The predicted molar refractivity (Wildman–Crippen MR) is 87.1 cm³/mol. The SMILES string of the molecule is CN1CCCC(NCc2cc3cc(Cl)ccc3[nH]c2=O)C1=O. The molecule has 1 aromatic heterocycles. The second-order valence-electron chi connectivity index (χ2n) is 5.69. The molecule has 2 heterocycles. The van der Waals surface area contributed by atoms with E-state index in [9.17, 15) is 9.59 Å². The molecule has 6 heteroatoms. The van der Waals surface area contributed by atoms with Gasteiger partial charge in [-0.3, -0.25) is 9.59 Å². The molecule has 22 heavy (non-hydrogen) atoms. The molecular formula is C16H18ClN3O2. The van der Waals surface area contributed by atoms with Crippen LogP contribution < -0.4 is 10.9 Å². The Balaban J connectivity index is 1.80. The molecule has 2 N–H and O–H groups in total. The number of fused-ring (bicyclic) bond motifs is 1. The lowest BCUT2D eigenvalue weighted by atomic mass is 10.0. The minimum Gasteiger partial charge on any atom is -0.344 e. The van der Waals surface area contributed by atoms with E-state index in [0.29, 0.717) is 17.1 Å². The highest BCUT2D eigenvalue weighted by Gasteiger charge is 2.25. The largest absolute Gasteiger partial charge is 0.344 e. The highest BCUT2D eigenvalue weighted by Crippen LogP contribution is 2.17. The molecule has 116 valence electrons. The van der Waals surface area contributed by atoms with Gasteiger partial charge in [-0.15, -0.1) is 0 Å². The molecule has 1 aromatic carbocycles. The summed E-state index contributed by atoms with van der Waals surface area (Å²) >= 11 is 5.99. The molecule has 1 atom stereocenters. The van der Waals surface area contributed by atoms with Crippen LogP contribution in [0, 0.1) is 0 Å². The average molecular weight is 320 g/mol. The van der Waals surface area contributed by atoms with Crippen molar-refractivity contribution in [1.82, 2.24) is 15.2 Å². The van der Waals surface area contributed by atoms with Crippen LogP contribution in [0.15, 0.2) is 29.1 Å². The number of halogens is 1. The number of H-pyrrole nitrogens is 1. The first kappa shape index (κ1) is 15.1. The first-order chi connectivity index (χ1) is 10.5. The van der Waals surface area contributed by atoms with Crippen LogP contribution in [0.5, 0.6) is 0 Å². The van der Waals surface area contributed by atoms with Crippen molar-refractivity contribution in [1.29, 1.82) is 0 Å². The minimum atomic E-state index is -0.215. The number of likely N-dealkylation sites (tertiary alicyclic amines) is 1. The number of likely N-dealkylation sites (N-methyl/N-ethyl adjacent to an activating group) is 1. The summed E-state index contributed by atoms with van der Waals surface area (Å²) in [5.41, 5.74) is 1.22. The number of pyridine rings is 1. The molecule has 1 unspecified atom stereocenters. The summed E-state index contributed by atoms with van der Waals surface area (Å²) in [4.78, 5) is 28.7. The molecule has 1 aliphatic rings. The molecule has 0 spiro atoms. The van der Waals surface area contributed by atoms with Crippen LogP contribution in [-0.4, -0.2) is 35.4 Å². The number of amides is 1. The Morgan fingerprint density at radius 1 is 1.36 bits per heavy atom. The van der Waals surface area contributed by atoms with E-state index in [4.69, 9.17) is 11.6 Å². The standard InChI is InChI=1S/C16H18ClN3O2/c1-20-6-2-3-14(16(20)22)18-9-11-7-10-8-12(17)4-5-13(10)19-15(11)21/h4-5,7-8,14,18H,2-3,6,9H2,1H3,(H,19,21). The number of hydrogen-bond donors (Lipinski definition) is 2. The number of benzene rings is 1. The van der Waals surface area contributed by atoms with Crippen molar-refractivity contribution in [3.8, 4) is 0 Å². The summed E-state index contributed by atoms with van der Waals surface area (Å²) in [5.74, 6) is 0.0894. The monoisotopic (exact) mass is 319 g/mol. The van der Waals surface area contributed by atoms with Crippen LogP contribution in [0.4, 0.5) is 0 Å². The lowest BCUT2D eigenvalue weighted by molar-refractivity contribution is -0.134. The number of rotatable bonds is 3. The van der Waals surface area contributed by atoms with Gasteiger partial charge in [0.2, 0.25) is 5.91 Å². The Labute approximate surface area is 133 Å². The van der Waals surface area contributed by atoms with E-state index in [2.05, 4.69) is 10.3 Å². The predicted octanol–water partition coefficient (Wildman–Crippen LogP) is 1.89. The Hall–Kier alpha value is -1.85. The average Bonchev–Trinajstić information content (AvgIpc) is 2.49. The molecule has 1 amide bonds. The van der Waals surface area contributed by atoms with Gasteiger partial charge in [0, 0.05) is 41.6 Å². The van der Waals surface area contributed by atoms with Crippen LogP contribution in [0.1, 0.15) is 18.4 Å². The summed E-state index contributed by atoms with van der Waals surface area (Å²) in [6.45, 7) is 1.16. The third-order valence-electron chi connectivity index (χ3n) is 4.08. The third kappa shape index (κ3) is 3.00. The van der Waals surface area contributed by atoms with Gasteiger partial charge in [0.15, 0.2) is 0 Å². The summed E-state index contributed by atoms with van der Waals surface area (Å²) < 4.78 is 0. The van der Waals surface area contributed by atoms with E-state index < -0.39 is 0 Å². The van der Waals surface area contributed by atoms with E-state index >= 15 is 0 Å². The van der Waals surface area contributed by atoms with Crippen molar-refractivity contribution >= 4 is 28.4 Å². The Kier molecular flexibility index (Phi) is 4.18. The van der Waals surface area contributed by atoms with Crippen molar-refractivity contribution in [2.24, 2.45) is 0 Å². The van der Waals surface area contributed by atoms with Crippen LogP contribution in [0.25, 0.3) is 10.9 Å². The summed E-state index contributed by atoms with van der Waals surface area (Å²) in [5, 5.41) is 4.71. The Morgan fingerprint density at radius 3 is 3.00 bits per heavy atom. The van der Waals surface area contributed by atoms with Gasteiger partial charge in [-0.05, 0) is 37.1 Å². The number of piperidine rings is 1. The molecule has 0 bridgehead atoms. The van der Waals surface area contributed by atoms with E-state index in [-0.39, 0.29) is 17.5 Å². The van der Waals surface area contributed by atoms with Gasteiger partial charge in [0.25, 0.3) is 5.56 Å². The maximum atomic E-state index is 12.1. The van der Waals surface area contributed by atoms with Crippen molar-refractivity contribution in [3.05, 3.63) is 45.2 Å². The molecule has 2 aromatic rings. The number of hydrogen-bond acceptors (Lipinski definition) is 3. The fraction of sp³-hybridized carbons (Fsp3) is 0.375. The van der Waals surface area contributed by atoms with Crippen molar-refractivity contribution < 1.29 is 4.79 Å². The molecule has 1 aliphatic heterocycles. The number of nitrogens with one attached hydrogen (secondary N) is 2. The molecule has 5 nitrogen and oxygen atoms in total. The topological polar surface area (TPSA) is 65.2 Å². The molecular weight excluding hydrogens is 302 g/mol. The maximum Gasteiger partial charge on any atom is 0.252 e. The van der Waals surface area contributed by atoms with Crippen LogP contribution in [-0.2, 0) is 11.3 Å². The lowest BCUT2D eigenvalue weighted by Gasteiger charge is -2.29. The van der Waals surface area contributed by atoms with E-state index in [1.54, 1.807) is 24.1 Å². The zero-order valence-electron chi connectivity index (χ0n) is 12.4. The smallest absolute Gasteiger partial charge is 0.252 e. The summed E-state index contributed by atoms with van der Waals surface area (Å²) in [6.07, 6.45) is 1.78. The Bertz CT molecular complexity index is 772. The summed E-state index contributed by atoms with van der Waals surface area (Å²) in [6, 6.07) is 6.96. The third-order valence-corrected chi connectivity index (χ3v) is 4.32. The van der Waals surface area contributed by atoms with E-state index in [0.717, 1.165) is 30.3 Å². The fourth-order valence-electron chi connectivity index (χ4n) is 2.81. The van der Waals surface area contributed by atoms with Gasteiger partial charge < -0.3 is 15.2 Å². The van der Waals surface area contributed by atoms with Gasteiger partial charge >= 0.3 is 0 Å². The second kappa shape index (κ2) is 6.10. The van der Waals surface area contributed by atoms with Gasteiger partial charge in [0.1, 0.15) is 0 Å². The minimum absolute atomic E-state index is 0.0894. The van der Waals surface area contributed by atoms with E-state index in [1.807, 2.05) is 12.1 Å². The van der Waals surface area contributed by atoms with Gasteiger partial charge in [-0.2, -0.15) is 0 Å². The number of aromatic amines is 1. The van der Waals surface area contributed by atoms with Crippen molar-refractivity contribution in [2.45, 2.75) is 25.4 Å². The highest BCUT2D eigenvalue weighted by molar-refractivity contribution is 6.31. The normalized spacial score (nSPS) is 18.9. The molecule has 0 radical (unpaired) electrons. The van der Waals surface area contributed by atoms with Gasteiger partial charge in [-0.1, -0.05) is 11.6 Å². The number of nitrogens with zero attached hydrogens (tertiary/aromatic N) is 1.